The van der Waals surface area contributed by atoms with Gasteiger partial charge in [-0.1, -0.05) is 42.4 Å². The van der Waals surface area contributed by atoms with Gasteiger partial charge in [0, 0.05) is 36.6 Å². The maximum Gasteiger partial charge on any atom is 0.318 e. The molecule has 9 heteroatoms. The van der Waals surface area contributed by atoms with Gasteiger partial charge in [0.05, 0.1) is 12.1 Å². The normalized spacial score (nSPS) is 15.9. The van der Waals surface area contributed by atoms with Crippen LogP contribution < -0.4 is 9.64 Å². The largest absolute Gasteiger partial charge is 0.508 e. The zero-order valence-corrected chi connectivity index (χ0v) is 20.6. The molecule has 184 valence electrons. The minimum absolute atomic E-state index is 0.000915. The van der Waals surface area contributed by atoms with E-state index in [1.807, 2.05) is 36.1 Å². The van der Waals surface area contributed by atoms with Crippen LogP contribution in [0, 0.1) is 5.82 Å². The third-order valence-corrected chi connectivity index (χ3v) is 6.82. The van der Waals surface area contributed by atoms with Gasteiger partial charge in [0.2, 0.25) is 5.91 Å². The highest BCUT2D eigenvalue weighted by Gasteiger charge is 2.30. The smallest absolute Gasteiger partial charge is 0.318 e. The van der Waals surface area contributed by atoms with Crippen molar-refractivity contribution in [3.63, 3.8) is 0 Å². The highest BCUT2D eigenvalue weighted by Crippen LogP contribution is 2.42. The molecule has 0 spiro atoms. The number of fused-ring (bicyclic) bond motifs is 2. The van der Waals surface area contributed by atoms with Crippen LogP contribution in [-0.2, 0) is 4.79 Å². The van der Waals surface area contributed by atoms with Crippen LogP contribution in [0.1, 0.15) is 6.92 Å². The van der Waals surface area contributed by atoms with Crippen LogP contribution in [0.5, 0.6) is 11.8 Å². The minimum atomic E-state index is -0.636. The number of amides is 1. The van der Waals surface area contributed by atoms with Crippen LogP contribution in [0.2, 0.25) is 5.02 Å². The molecule has 0 radical (unpaired) electrons. The molecule has 1 aliphatic rings. The summed E-state index contributed by atoms with van der Waals surface area (Å²) in [6, 6.07) is 12.0. The van der Waals surface area contributed by atoms with Crippen molar-refractivity contribution in [2.45, 2.75) is 13.0 Å². The van der Waals surface area contributed by atoms with E-state index in [4.69, 9.17) is 16.3 Å². The van der Waals surface area contributed by atoms with Crippen LogP contribution >= 0.6 is 11.6 Å². The SMILES string of the molecule is C=CC(=O)N1CCN(c2nc(OC)nc3c(F)c(-c4cc(O)cc5ccccc45)c(Cl)cc23)[C@@H](C)C1. The maximum absolute atomic E-state index is 16.3. The Morgan fingerprint density at radius 2 is 2.00 bits per heavy atom. The fourth-order valence-electron chi connectivity index (χ4n) is 4.82. The molecule has 0 saturated carbocycles. The first kappa shape index (κ1) is 23.8. The molecule has 7 nitrogen and oxygen atoms in total. The number of rotatable bonds is 4. The van der Waals surface area contributed by atoms with Crippen molar-refractivity contribution >= 4 is 45.0 Å². The number of carbonyl (C=O) groups is 1. The van der Waals surface area contributed by atoms with Gasteiger partial charge < -0.3 is 19.6 Å². The first-order chi connectivity index (χ1) is 17.3. The Balaban J connectivity index is 1.70. The van der Waals surface area contributed by atoms with E-state index in [-0.39, 0.29) is 39.8 Å². The van der Waals surface area contributed by atoms with Gasteiger partial charge >= 0.3 is 6.01 Å². The zero-order chi connectivity index (χ0) is 25.6. The molecule has 4 aromatic rings. The number of methoxy groups -OCH3 is 1. The lowest BCUT2D eigenvalue weighted by Gasteiger charge is -2.40. The van der Waals surface area contributed by atoms with Gasteiger partial charge in [-0.25, -0.2) is 4.39 Å². The van der Waals surface area contributed by atoms with Crippen molar-refractivity contribution in [3.8, 4) is 22.9 Å². The minimum Gasteiger partial charge on any atom is -0.508 e. The topological polar surface area (TPSA) is 78.8 Å². The van der Waals surface area contributed by atoms with Crippen LogP contribution in [0.25, 0.3) is 32.8 Å². The number of phenolic OH excluding ortho intramolecular Hbond substituents is 1. The first-order valence-corrected chi connectivity index (χ1v) is 11.8. The number of hydrogen-bond donors (Lipinski definition) is 1. The highest BCUT2D eigenvalue weighted by atomic mass is 35.5. The molecule has 2 heterocycles. The fraction of sp³-hybridized carbons (Fsp3) is 0.222. The van der Waals surface area contributed by atoms with Crippen LogP contribution in [-0.4, -0.2) is 58.7 Å². The molecular weight excluding hydrogens is 483 g/mol. The number of carbonyl (C=O) groups excluding carboxylic acids is 1. The molecular formula is C27H24ClFN4O3. The molecule has 3 aromatic carbocycles. The van der Waals surface area contributed by atoms with Gasteiger partial charge in [-0.05, 0) is 47.5 Å². The molecule has 1 amide bonds. The van der Waals surface area contributed by atoms with E-state index in [0.717, 1.165) is 10.8 Å². The second-order valence-electron chi connectivity index (χ2n) is 8.72. The van der Waals surface area contributed by atoms with E-state index in [2.05, 4.69) is 16.5 Å². The van der Waals surface area contributed by atoms with Gasteiger partial charge in [-0.2, -0.15) is 9.97 Å². The Morgan fingerprint density at radius 3 is 2.72 bits per heavy atom. The molecule has 1 fully saturated rings. The lowest BCUT2D eigenvalue weighted by atomic mass is 9.96. The summed E-state index contributed by atoms with van der Waals surface area (Å²) >= 11 is 6.71. The molecule has 1 aromatic heterocycles. The number of aromatic hydroxyl groups is 1. The van der Waals surface area contributed by atoms with Gasteiger partial charge in [0.15, 0.2) is 5.82 Å². The van der Waals surface area contributed by atoms with Crippen molar-refractivity contribution in [1.82, 2.24) is 14.9 Å². The fourth-order valence-corrected chi connectivity index (χ4v) is 5.11. The third kappa shape index (κ3) is 3.97. The number of aromatic nitrogens is 2. The van der Waals surface area contributed by atoms with Crippen molar-refractivity contribution in [2.24, 2.45) is 0 Å². The molecule has 1 aliphatic heterocycles. The lowest BCUT2D eigenvalue weighted by molar-refractivity contribution is -0.126. The molecule has 1 atom stereocenters. The second-order valence-corrected chi connectivity index (χ2v) is 9.13. The van der Waals surface area contributed by atoms with E-state index >= 15 is 4.39 Å². The third-order valence-electron chi connectivity index (χ3n) is 6.53. The summed E-state index contributed by atoms with van der Waals surface area (Å²) in [6.07, 6.45) is 1.30. The van der Waals surface area contributed by atoms with Crippen molar-refractivity contribution in [1.29, 1.82) is 0 Å². The van der Waals surface area contributed by atoms with E-state index in [0.29, 0.717) is 36.4 Å². The Morgan fingerprint density at radius 1 is 1.22 bits per heavy atom. The Bertz CT molecular complexity index is 1530. The maximum atomic E-state index is 16.3. The van der Waals surface area contributed by atoms with E-state index in [1.165, 1.54) is 19.3 Å². The number of halogens is 2. The predicted octanol–water partition coefficient (Wildman–Crippen LogP) is 5.18. The van der Waals surface area contributed by atoms with Gasteiger partial charge in [0.1, 0.15) is 17.1 Å². The standard InChI is InChI=1S/C27H24ClFN4O3/c1-4-22(35)32-9-10-33(15(2)14-32)26-20-13-21(28)23(24(29)25(20)30-27(31-26)36-3)19-12-17(34)11-16-7-5-6-8-18(16)19/h4-8,11-13,15,34H,1,9-10,14H2,2-3H3/t15-/m0/s1. The van der Waals surface area contributed by atoms with Crippen molar-refractivity contribution in [2.75, 3.05) is 31.6 Å². The summed E-state index contributed by atoms with van der Waals surface area (Å²) in [7, 11) is 1.42. The summed E-state index contributed by atoms with van der Waals surface area (Å²) in [5.74, 6) is -0.295. The van der Waals surface area contributed by atoms with E-state index < -0.39 is 5.82 Å². The van der Waals surface area contributed by atoms with Crippen molar-refractivity contribution in [3.05, 3.63) is 66.0 Å². The molecule has 1 N–H and O–H groups in total. The summed E-state index contributed by atoms with van der Waals surface area (Å²) in [5.41, 5.74) is 0.650. The second kappa shape index (κ2) is 9.28. The van der Waals surface area contributed by atoms with Crippen LogP contribution in [0.3, 0.4) is 0 Å². The summed E-state index contributed by atoms with van der Waals surface area (Å²) in [5, 5.41) is 12.4. The van der Waals surface area contributed by atoms with Gasteiger partial charge in [-0.15, -0.1) is 0 Å². The number of benzene rings is 3. The van der Waals surface area contributed by atoms with Crippen LogP contribution in [0.4, 0.5) is 10.2 Å². The number of nitrogens with zero attached hydrogens (tertiary/aromatic N) is 4. The number of anilines is 1. The number of hydrogen-bond acceptors (Lipinski definition) is 6. The Labute approximate surface area is 212 Å². The molecule has 0 unspecified atom stereocenters. The summed E-state index contributed by atoms with van der Waals surface area (Å²) in [4.78, 5) is 24.7. The molecule has 5 rings (SSSR count). The number of piperazine rings is 1. The van der Waals surface area contributed by atoms with E-state index in [9.17, 15) is 9.90 Å². The first-order valence-electron chi connectivity index (χ1n) is 11.5. The average molecular weight is 507 g/mol. The molecule has 0 bridgehead atoms. The van der Waals surface area contributed by atoms with Crippen LogP contribution in [0.15, 0.2) is 55.1 Å². The Kier molecular flexibility index (Phi) is 6.14. The summed E-state index contributed by atoms with van der Waals surface area (Å²) in [6.45, 7) is 6.94. The van der Waals surface area contributed by atoms with Gasteiger partial charge in [-0.3, -0.25) is 4.79 Å². The van der Waals surface area contributed by atoms with Crippen molar-refractivity contribution < 1.29 is 19.0 Å². The zero-order valence-electron chi connectivity index (χ0n) is 19.8. The summed E-state index contributed by atoms with van der Waals surface area (Å²) < 4.78 is 21.6. The predicted molar refractivity (Wildman–Crippen MR) is 139 cm³/mol. The van der Waals surface area contributed by atoms with E-state index in [1.54, 1.807) is 17.0 Å². The van der Waals surface area contributed by atoms with Gasteiger partial charge in [0.25, 0.3) is 0 Å². The number of phenols is 1. The highest BCUT2D eigenvalue weighted by molar-refractivity contribution is 6.35. The Hall–Kier alpha value is -3.91. The lowest BCUT2D eigenvalue weighted by Crippen LogP contribution is -2.53. The quantitative estimate of drug-likeness (QED) is 0.384. The number of ether oxygens (including phenoxy) is 1. The average Bonchev–Trinajstić information content (AvgIpc) is 2.87. The molecule has 36 heavy (non-hydrogen) atoms. The molecule has 0 aliphatic carbocycles. The molecule has 1 saturated heterocycles. The monoisotopic (exact) mass is 506 g/mol.